The average molecular weight is 601 g/mol. The summed E-state index contributed by atoms with van der Waals surface area (Å²) in [6.07, 6.45) is -1.59. The SMILES string of the molecule is CCOC(=O)OC(C)O/N=[N+](\[O-])N1CCC[C@H]1C(=O)NS(=O)(=O)c1ccc(-n2nc(C)cc2-c2ccc(C)cc2)cc1. The fourth-order valence-corrected chi connectivity index (χ4v) is 5.35. The van der Waals surface area contributed by atoms with Gasteiger partial charge >= 0.3 is 6.16 Å². The smallest absolute Gasteiger partial charge is 0.511 e. The molecule has 14 nitrogen and oxygen atoms in total. The first kappa shape index (κ1) is 30.3. The fraction of sp³-hybridized carbons (Fsp3) is 0.370. The minimum atomic E-state index is -4.26. The maximum Gasteiger partial charge on any atom is 0.511 e. The fourth-order valence-electron chi connectivity index (χ4n) is 4.34. The Kier molecular flexibility index (Phi) is 9.30. The molecule has 0 spiro atoms. The molecule has 3 aromatic rings. The van der Waals surface area contributed by atoms with E-state index < -0.39 is 34.4 Å². The highest BCUT2D eigenvalue weighted by atomic mass is 32.2. The maximum absolute atomic E-state index is 13.0. The molecule has 4 rings (SSSR count). The number of carbonyl (C=O) groups excluding carboxylic acids is 2. The van der Waals surface area contributed by atoms with Gasteiger partial charge in [-0.05, 0) is 63.9 Å². The number of hydrazine groups is 1. The molecule has 2 heterocycles. The Labute approximate surface area is 243 Å². The molecule has 2 aromatic carbocycles. The van der Waals surface area contributed by atoms with E-state index in [9.17, 15) is 23.2 Å². The third kappa shape index (κ3) is 7.15. The van der Waals surface area contributed by atoms with E-state index in [1.165, 1.54) is 19.1 Å². The molecule has 42 heavy (non-hydrogen) atoms. The Hall–Kier alpha value is -4.66. The molecule has 1 amide bonds. The average Bonchev–Trinajstić information content (AvgIpc) is 3.59. The standard InChI is InChI=1S/C27H32N6O8S/c1-5-39-27(35)40-20(4)41-30-33(36)31-16-6-7-24(31)26(34)29-42(37,38)23-14-12-22(13-15-23)32-25(17-19(3)28-32)21-10-8-18(2)9-11-21/h8-15,17,20,24H,5-7,16H2,1-4H3,(H,29,34)/b33-30-/t20?,24-/m0/s1. The van der Waals surface area contributed by atoms with Gasteiger partial charge in [0.25, 0.3) is 22.2 Å². The Morgan fingerprint density at radius 1 is 1.17 bits per heavy atom. The molecular formula is C27H32N6O8S. The second-order valence-electron chi connectivity index (χ2n) is 9.54. The summed E-state index contributed by atoms with van der Waals surface area (Å²) in [6, 6.07) is 14.7. The van der Waals surface area contributed by atoms with Crippen molar-refractivity contribution in [3.63, 3.8) is 0 Å². The molecule has 1 aromatic heterocycles. The van der Waals surface area contributed by atoms with E-state index in [1.54, 1.807) is 23.7 Å². The number of carbonyl (C=O) groups is 2. The molecule has 1 aliphatic heterocycles. The monoisotopic (exact) mass is 600 g/mol. The number of aromatic nitrogens is 2. The van der Waals surface area contributed by atoms with Crippen molar-refractivity contribution in [3.05, 3.63) is 71.1 Å². The molecule has 1 fully saturated rings. The van der Waals surface area contributed by atoms with Crippen molar-refractivity contribution in [2.24, 2.45) is 5.28 Å². The normalized spacial score (nSPS) is 16.1. The lowest BCUT2D eigenvalue weighted by Gasteiger charge is -2.20. The van der Waals surface area contributed by atoms with Crippen LogP contribution in [0.2, 0.25) is 0 Å². The largest absolute Gasteiger partial charge is 0.569 e. The summed E-state index contributed by atoms with van der Waals surface area (Å²) in [5.41, 5.74) is 4.35. The van der Waals surface area contributed by atoms with Crippen molar-refractivity contribution < 1.29 is 37.3 Å². The zero-order valence-electron chi connectivity index (χ0n) is 23.6. The van der Waals surface area contributed by atoms with Crippen LogP contribution in [0, 0.1) is 19.1 Å². The Morgan fingerprint density at radius 2 is 1.86 bits per heavy atom. The highest BCUT2D eigenvalue weighted by molar-refractivity contribution is 7.90. The number of rotatable bonds is 10. The second kappa shape index (κ2) is 12.9. The van der Waals surface area contributed by atoms with Crippen LogP contribution in [0.5, 0.6) is 0 Å². The summed E-state index contributed by atoms with van der Waals surface area (Å²) in [5, 5.41) is 21.4. The first-order chi connectivity index (χ1) is 20.0. The lowest BCUT2D eigenvalue weighted by molar-refractivity contribution is -0.713. The number of ether oxygens (including phenoxy) is 2. The third-order valence-electron chi connectivity index (χ3n) is 6.34. The number of nitrogens with one attached hydrogen (secondary N) is 1. The molecule has 0 radical (unpaired) electrons. The number of hydrogen-bond acceptors (Lipinski definition) is 10. The second-order valence-corrected chi connectivity index (χ2v) is 11.2. The number of nitrogens with zero attached hydrogens (tertiary/aromatic N) is 5. The zero-order chi connectivity index (χ0) is 30.4. The van der Waals surface area contributed by atoms with Crippen LogP contribution in [-0.2, 0) is 29.1 Å². The number of amides is 1. The van der Waals surface area contributed by atoms with Crippen LogP contribution in [-0.4, -0.2) is 65.7 Å². The van der Waals surface area contributed by atoms with Gasteiger partial charge in [0, 0.05) is 12.5 Å². The molecule has 0 aliphatic carbocycles. The summed E-state index contributed by atoms with van der Waals surface area (Å²) in [7, 11) is -4.26. The Morgan fingerprint density at radius 3 is 2.52 bits per heavy atom. The quantitative estimate of drug-likeness (QED) is 0.119. The lowest BCUT2D eigenvalue weighted by atomic mass is 10.1. The van der Waals surface area contributed by atoms with E-state index in [4.69, 9.17) is 9.57 Å². The predicted molar refractivity (Wildman–Crippen MR) is 148 cm³/mol. The molecular weight excluding hydrogens is 568 g/mol. The van der Waals surface area contributed by atoms with Crippen molar-refractivity contribution in [2.45, 2.75) is 57.8 Å². The van der Waals surface area contributed by atoms with Gasteiger partial charge in [-0.3, -0.25) is 9.63 Å². The molecule has 15 heteroatoms. The van der Waals surface area contributed by atoms with Gasteiger partial charge in [-0.15, -0.1) is 5.01 Å². The molecule has 0 bridgehead atoms. The van der Waals surface area contributed by atoms with Crippen LogP contribution in [0.3, 0.4) is 0 Å². The summed E-state index contributed by atoms with van der Waals surface area (Å²) < 4.78 is 39.2. The maximum atomic E-state index is 13.0. The molecule has 1 aliphatic rings. The van der Waals surface area contributed by atoms with Gasteiger partial charge in [0.1, 0.15) is 0 Å². The summed E-state index contributed by atoms with van der Waals surface area (Å²) in [4.78, 5) is 29.0. The first-order valence-corrected chi connectivity index (χ1v) is 14.7. The molecule has 1 N–H and O–H groups in total. The van der Waals surface area contributed by atoms with E-state index in [0.717, 1.165) is 27.5 Å². The number of sulfonamides is 1. The van der Waals surface area contributed by atoms with Crippen molar-refractivity contribution in [1.82, 2.24) is 19.5 Å². The Balaban J connectivity index is 1.44. The van der Waals surface area contributed by atoms with Crippen LogP contribution >= 0.6 is 0 Å². The van der Waals surface area contributed by atoms with E-state index in [-0.39, 0.29) is 29.4 Å². The minimum absolute atomic E-state index is 0.0291. The van der Waals surface area contributed by atoms with Gasteiger partial charge in [-0.1, -0.05) is 29.8 Å². The van der Waals surface area contributed by atoms with Gasteiger partial charge in [0.05, 0.1) is 40.1 Å². The summed E-state index contributed by atoms with van der Waals surface area (Å²) in [6.45, 7) is 7.00. The van der Waals surface area contributed by atoms with E-state index in [2.05, 4.69) is 15.1 Å². The molecule has 1 saturated heterocycles. The van der Waals surface area contributed by atoms with Crippen molar-refractivity contribution in [1.29, 1.82) is 0 Å². The number of hydrogen-bond donors (Lipinski definition) is 1. The van der Waals surface area contributed by atoms with Crippen molar-refractivity contribution in [2.75, 3.05) is 13.2 Å². The predicted octanol–water partition coefficient (Wildman–Crippen LogP) is 3.75. The summed E-state index contributed by atoms with van der Waals surface area (Å²) >= 11 is 0. The van der Waals surface area contributed by atoms with E-state index in [1.807, 2.05) is 48.9 Å². The third-order valence-corrected chi connectivity index (χ3v) is 7.70. The minimum Gasteiger partial charge on any atom is -0.569 e. The topological polar surface area (TPSA) is 167 Å². The number of aryl methyl sites for hydroxylation is 2. The molecule has 224 valence electrons. The van der Waals surface area contributed by atoms with Gasteiger partial charge < -0.3 is 14.7 Å². The van der Waals surface area contributed by atoms with Gasteiger partial charge in [0.2, 0.25) is 5.28 Å². The van der Waals surface area contributed by atoms with Gasteiger partial charge in [-0.2, -0.15) is 5.10 Å². The van der Waals surface area contributed by atoms with Crippen LogP contribution in [0.25, 0.3) is 16.9 Å². The lowest BCUT2D eigenvalue weighted by Crippen LogP contribution is -2.47. The van der Waals surface area contributed by atoms with Crippen LogP contribution in [0.1, 0.15) is 37.9 Å². The highest BCUT2D eigenvalue weighted by Gasteiger charge is 2.39. The van der Waals surface area contributed by atoms with Crippen molar-refractivity contribution in [3.8, 4) is 16.9 Å². The Bertz CT molecular complexity index is 1550. The zero-order valence-corrected chi connectivity index (χ0v) is 24.4. The number of benzene rings is 2. The van der Waals surface area contributed by atoms with Crippen molar-refractivity contribution >= 4 is 22.1 Å². The van der Waals surface area contributed by atoms with E-state index in [0.29, 0.717) is 12.1 Å². The summed E-state index contributed by atoms with van der Waals surface area (Å²) in [5.74, 6) is -0.896. The molecule has 1 unspecified atom stereocenters. The van der Waals surface area contributed by atoms with Crippen LogP contribution < -0.4 is 4.72 Å². The van der Waals surface area contributed by atoms with Crippen LogP contribution in [0.4, 0.5) is 4.79 Å². The van der Waals surface area contributed by atoms with Gasteiger partial charge in [0.15, 0.2) is 6.04 Å². The highest BCUT2D eigenvalue weighted by Crippen LogP contribution is 2.25. The first-order valence-electron chi connectivity index (χ1n) is 13.2. The molecule has 0 saturated carbocycles. The van der Waals surface area contributed by atoms with Gasteiger partial charge in [-0.25, -0.2) is 22.6 Å². The van der Waals surface area contributed by atoms with E-state index >= 15 is 0 Å². The molecule has 2 atom stereocenters. The van der Waals surface area contributed by atoms with Crippen LogP contribution in [0.15, 0.2) is 64.8 Å².